The van der Waals surface area contributed by atoms with Gasteiger partial charge in [0.05, 0.1) is 5.69 Å². The first-order valence-corrected chi connectivity index (χ1v) is 7.52. The molecule has 19 heavy (non-hydrogen) atoms. The van der Waals surface area contributed by atoms with Crippen LogP contribution in [0.15, 0.2) is 18.5 Å². The Morgan fingerprint density at radius 1 is 1.05 bits per heavy atom. The van der Waals surface area contributed by atoms with Crippen LogP contribution in [-0.4, -0.2) is 19.8 Å². The molecular formula is C15H24N4. The van der Waals surface area contributed by atoms with Gasteiger partial charge >= 0.3 is 0 Å². The summed E-state index contributed by atoms with van der Waals surface area (Å²) in [4.78, 5) is 0. The predicted molar refractivity (Wildman–Crippen MR) is 77.2 cm³/mol. The molecule has 2 aromatic heterocycles. The molecule has 0 saturated carbocycles. The van der Waals surface area contributed by atoms with Crippen molar-refractivity contribution in [1.82, 2.24) is 19.8 Å². The smallest absolute Gasteiger partial charge is 0.177 e. The van der Waals surface area contributed by atoms with Crippen molar-refractivity contribution in [3.05, 3.63) is 24.2 Å². The van der Waals surface area contributed by atoms with E-state index in [0.29, 0.717) is 5.92 Å². The van der Waals surface area contributed by atoms with Crippen LogP contribution in [0.5, 0.6) is 0 Å². The van der Waals surface area contributed by atoms with E-state index in [1.165, 1.54) is 50.6 Å². The summed E-state index contributed by atoms with van der Waals surface area (Å²) in [6, 6.07) is 4.13. The summed E-state index contributed by atoms with van der Waals surface area (Å²) in [6.07, 6.45) is 10.6. The van der Waals surface area contributed by atoms with Gasteiger partial charge in [0.1, 0.15) is 6.33 Å². The molecule has 2 heterocycles. The molecule has 0 saturated heterocycles. The third-order valence-corrected chi connectivity index (χ3v) is 3.64. The van der Waals surface area contributed by atoms with E-state index in [9.17, 15) is 0 Å². The lowest BCUT2D eigenvalue weighted by atomic mass is 9.93. The lowest BCUT2D eigenvalue weighted by Gasteiger charge is -2.15. The molecule has 104 valence electrons. The zero-order valence-corrected chi connectivity index (χ0v) is 12.0. The second kappa shape index (κ2) is 7.22. The molecular weight excluding hydrogens is 236 g/mol. The molecule has 4 heteroatoms. The van der Waals surface area contributed by atoms with Crippen molar-refractivity contribution < 1.29 is 0 Å². The average molecular weight is 260 g/mol. The Kier molecular flexibility index (Phi) is 5.31. The topological polar surface area (TPSA) is 43.1 Å². The molecule has 0 aliphatic rings. The Morgan fingerprint density at radius 2 is 1.95 bits per heavy atom. The zero-order valence-electron chi connectivity index (χ0n) is 12.0. The first-order valence-electron chi connectivity index (χ1n) is 7.52. The zero-order chi connectivity index (χ0) is 13.5. The highest BCUT2D eigenvalue weighted by Gasteiger charge is 2.13. The molecule has 0 radical (unpaired) electrons. The predicted octanol–water partition coefficient (Wildman–Crippen LogP) is 3.98. The van der Waals surface area contributed by atoms with Gasteiger partial charge in [-0.1, -0.05) is 46.0 Å². The number of aromatic nitrogens is 4. The Hall–Kier alpha value is -1.45. The Balaban J connectivity index is 2.03. The average Bonchev–Trinajstić information content (AvgIpc) is 2.89. The first kappa shape index (κ1) is 14.0. The van der Waals surface area contributed by atoms with E-state index in [4.69, 9.17) is 0 Å². The van der Waals surface area contributed by atoms with Crippen molar-refractivity contribution in [3.63, 3.8) is 0 Å². The van der Waals surface area contributed by atoms with Crippen LogP contribution < -0.4 is 0 Å². The lowest BCUT2D eigenvalue weighted by molar-refractivity contribution is 0.506. The van der Waals surface area contributed by atoms with Crippen LogP contribution in [0.25, 0.3) is 5.65 Å². The molecule has 0 fully saturated rings. The summed E-state index contributed by atoms with van der Waals surface area (Å²) in [6.45, 7) is 4.50. The Bertz CT molecular complexity index is 492. The minimum Gasteiger partial charge on any atom is -0.200 e. The van der Waals surface area contributed by atoms with Crippen molar-refractivity contribution in [2.45, 2.75) is 64.7 Å². The van der Waals surface area contributed by atoms with Crippen molar-refractivity contribution >= 4 is 5.65 Å². The molecule has 2 aromatic rings. The number of fused-ring (bicyclic) bond motifs is 1. The number of rotatable bonds is 8. The van der Waals surface area contributed by atoms with E-state index in [1.807, 2.05) is 6.07 Å². The van der Waals surface area contributed by atoms with Gasteiger partial charge in [0.15, 0.2) is 5.65 Å². The maximum absolute atomic E-state index is 4.64. The third kappa shape index (κ3) is 3.75. The SMILES string of the molecule is CCCCCCC(CCC)c1ccc2nncn2n1. The van der Waals surface area contributed by atoms with Crippen LogP contribution in [0.1, 0.15) is 70.4 Å². The van der Waals surface area contributed by atoms with Crippen LogP contribution in [0.2, 0.25) is 0 Å². The van der Waals surface area contributed by atoms with Gasteiger partial charge in [-0.05, 0) is 25.0 Å². The standard InChI is InChI=1S/C15H24N4/c1-3-5-6-7-9-13(8-4-2)14-10-11-15-17-16-12-19(15)18-14/h10-13H,3-9H2,1-2H3. The number of hydrogen-bond acceptors (Lipinski definition) is 3. The summed E-state index contributed by atoms with van der Waals surface area (Å²) < 4.78 is 1.78. The van der Waals surface area contributed by atoms with E-state index in [2.05, 4.69) is 35.2 Å². The molecule has 0 amide bonds. The number of hydrogen-bond donors (Lipinski definition) is 0. The van der Waals surface area contributed by atoms with Crippen molar-refractivity contribution in [2.75, 3.05) is 0 Å². The van der Waals surface area contributed by atoms with Gasteiger partial charge in [-0.2, -0.15) is 5.10 Å². The van der Waals surface area contributed by atoms with E-state index in [0.717, 1.165) is 5.65 Å². The highest BCUT2D eigenvalue weighted by molar-refractivity contribution is 5.34. The molecule has 1 unspecified atom stereocenters. The summed E-state index contributed by atoms with van der Waals surface area (Å²) >= 11 is 0. The monoisotopic (exact) mass is 260 g/mol. The van der Waals surface area contributed by atoms with Crippen LogP contribution in [0, 0.1) is 0 Å². The number of unbranched alkanes of at least 4 members (excludes halogenated alkanes) is 3. The highest BCUT2D eigenvalue weighted by Crippen LogP contribution is 2.26. The van der Waals surface area contributed by atoms with E-state index >= 15 is 0 Å². The fourth-order valence-electron chi connectivity index (χ4n) is 2.57. The largest absolute Gasteiger partial charge is 0.200 e. The van der Waals surface area contributed by atoms with Crippen LogP contribution in [0.3, 0.4) is 0 Å². The van der Waals surface area contributed by atoms with Crippen molar-refractivity contribution in [2.24, 2.45) is 0 Å². The van der Waals surface area contributed by atoms with E-state index < -0.39 is 0 Å². The molecule has 0 aliphatic carbocycles. The summed E-state index contributed by atoms with van der Waals surface area (Å²) in [5.41, 5.74) is 2.01. The molecule has 0 bridgehead atoms. The van der Waals surface area contributed by atoms with Gasteiger partial charge in [0.25, 0.3) is 0 Å². The van der Waals surface area contributed by atoms with E-state index in [-0.39, 0.29) is 0 Å². The summed E-state index contributed by atoms with van der Waals surface area (Å²) in [5, 5.41) is 12.5. The van der Waals surface area contributed by atoms with Gasteiger partial charge in [-0.3, -0.25) is 0 Å². The first-order chi connectivity index (χ1) is 9.35. The van der Waals surface area contributed by atoms with Gasteiger partial charge in [0.2, 0.25) is 0 Å². The molecule has 0 N–H and O–H groups in total. The normalized spacial score (nSPS) is 12.9. The van der Waals surface area contributed by atoms with Crippen LogP contribution in [-0.2, 0) is 0 Å². The minimum absolute atomic E-state index is 0.577. The molecule has 0 aliphatic heterocycles. The molecule has 1 atom stereocenters. The van der Waals surface area contributed by atoms with Gasteiger partial charge < -0.3 is 0 Å². The second-order valence-corrected chi connectivity index (χ2v) is 5.23. The van der Waals surface area contributed by atoms with Crippen LogP contribution >= 0.6 is 0 Å². The van der Waals surface area contributed by atoms with Gasteiger partial charge in [-0.25, -0.2) is 4.52 Å². The summed E-state index contributed by atoms with van der Waals surface area (Å²) in [5.74, 6) is 0.577. The molecule has 4 nitrogen and oxygen atoms in total. The third-order valence-electron chi connectivity index (χ3n) is 3.64. The minimum atomic E-state index is 0.577. The maximum Gasteiger partial charge on any atom is 0.177 e. The van der Waals surface area contributed by atoms with Gasteiger partial charge in [-0.15, -0.1) is 10.2 Å². The van der Waals surface area contributed by atoms with Crippen molar-refractivity contribution in [3.8, 4) is 0 Å². The lowest BCUT2D eigenvalue weighted by Crippen LogP contribution is -2.05. The quantitative estimate of drug-likeness (QED) is 0.674. The maximum atomic E-state index is 4.64. The molecule has 2 rings (SSSR count). The molecule has 0 aromatic carbocycles. The van der Waals surface area contributed by atoms with E-state index in [1.54, 1.807) is 10.8 Å². The fraction of sp³-hybridized carbons (Fsp3) is 0.667. The van der Waals surface area contributed by atoms with Crippen molar-refractivity contribution in [1.29, 1.82) is 0 Å². The highest BCUT2D eigenvalue weighted by atomic mass is 15.3. The summed E-state index contributed by atoms with van der Waals surface area (Å²) in [7, 11) is 0. The van der Waals surface area contributed by atoms with Crippen LogP contribution in [0.4, 0.5) is 0 Å². The number of nitrogens with zero attached hydrogens (tertiary/aromatic N) is 4. The van der Waals surface area contributed by atoms with Gasteiger partial charge in [0, 0.05) is 5.92 Å². The Labute approximate surface area is 115 Å². The second-order valence-electron chi connectivity index (χ2n) is 5.23. The Morgan fingerprint density at radius 3 is 2.74 bits per heavy atom. The fourth-order valence-corrected chi connectivity index (χ4v) is 2.57. The molecule has 0 spiro atoms.